The van der Waals surface area contributed by atoms with E-state index in [9.17, 15) is 0 Å². The van der Waals surface area contributed by atoms with E-state index in [2.05, 4.69) is 31.7 Å². The minimum atomic E-state index is -0.691. The number of hydrogen-bond acceptors (Lipinski definition) is 3. The third kappa shape index (κ3) is 4.11. The van der Waals surface area contributed by atoms with Crippen LogP contribution in [0.1, 0.15) is 47.0 Å². The van der Waals surface area contributed by atoms with E-state index in [1.165, 1.54) is 12.8 Å². The van der Waals surface area contributed by atoms with E-state index in [-0.39, 0.29) is 0 Å². The molecule has 0 amide bonds. The van der Waals surface area contributed by atoms with E-state index in [1.807, 2.05) is 6.92 Å². The van der Waals surface area contributed by atoms with Gasteiger partial charge in [-0.25, -0.2) is 0 Å². The summed E-state index contributed by atoms with van der Waals surface area (Å²) in [6.45, 7) is 9.63. The molecule has 0 aromatic carbocycles. The zero-order valence-corrected chi connectivity index (χ0v) is 11.0. The van der Waals surface area contributed by atoms with Gasteiger partial charge in [0.05, 0.1) is 6.07 Å². The molecule has 3 nitrogen and oxygen atoms in total. The van der Waals surface area contributed by atoms with Crippen molar-refractivity contribution in [1.82, 2.24) is 4.90 Å². The first-order valence-electron chi connectivity index (χ1n) is 6.31. The second kappa shape index (κ2) is 5.16. The fourth-order valence-electron chi connectivity index (χ4n) is 2.29. The summed E-state index contributed by atoms with van der Waals surface area (Å²) < 4.78 is 0. The number of rotatable bonds is 6. The second-order valence-corrected chi connectivity index (χ2v) is 5.90. The van der Waals surface area contributed by atoms with Crippen molar-refractivity contribution in [3.8, 4) is 6.07 Å². The normalized spacial score (nSPS) is 21.9. The summed E-state index contributed by atoms with van der Waals surface area (Å²) >= 11 is 0. The molecule has 2 atom stereocenters. The van der Waals surface area contributed by atoms with E-state index in [0.29, 0.717) is 12.0 Å². The molecule has 1 aliphatic carbocycles. The Balaban J connectivity index is 2.54. The standard InChI is InChI=1S/C13H25N3/c1-10(2)8-16(12-5-6-12)11(3)7-13(4,15)9-14/h10-12H,5-8,15H2,1-4H3. The van der Waals surface area contributed by atoms with Gasteiger partial charge in [0.15, 0.2) is 0 Å². The average Bonchev–Trinajstić information content (AvgIpc) is 2.96. The summed E-state index contributed by atoms with van der Waals surface area (Å²) in [5, 5.41) is 8.97. The zero-order valence-electron chi connectivity index (χ0n) is 11.0. The van der Waals surface area contributed by atoms with Crippen molar-refractivity contribution in [1.29, 1.82) is 5.26 Å². The monoisotopic (exact) mass is 223 g/mol. The van der Waals surface area contributed by atoms with Crippen LogP contribution in [0.3, 0.4) is 0 Å². The predicted molar refractivity (Wildman–Crippen MR) is 66.9 cm³/mol. The van der Waals surface area contributed by atoms with E-state index in [4.69, 9.17) is 11.0 Å². The molecule has 0 spiro atoms. The van der Waals surface area contributed by atoms with Crippen LogP contribution in [0.15, 0.2) is 0 Å². The molecular formula is C13H25N3. The SMILES string of the molecule is CC(C)CN(C(C)CC(C)(N)C#N)C1CC1. The van der Waals surface area contributed by atoms with Gasteiger partial charge in [0, 0.05) is 18.6 Å². The van der Waals surface area contributed by atoms with Crippen molar-refractivity contribution >= 4 is 0 Å². The fourth-order valence-corrected chi connectivity index (χ4v) is 2.29. The summed E-state index contributed by atoms with van der Waals surface area (Å²) in [5.74, 6) is 0.675. The maximum Gasteiger partial charge on any atom is 0.102 e. The minimum Gasteiger partial charge on any atom is -0.314 e. The molecule has 92 valence electrons. The molecule has 2 unspecified atom stereocenters. The molecule has 2 N–H and O–H groups in total. The molecule has 0 aliphatic heterocycles. The summed E-state index contributed by atoms with van der Waals surface area (Å²) in [6, 6.07) is 3.34. The van der Waals surface area contributed by atoms with E-state index < -0.39 is 5.54 Å². The Morgan fingerprint density at radius 3 is 2.38 bits per heavy atom. The van der Waals surface area contributed by atoms with E-state index >= 15 is 0 Å². The fraction of sp³-hybridized carbons (Fsp3) is 0.923. The second-order valence-electron chi connectivity index (χ2n) is 5.90. The topological polar surface area (TPSA) is 53.0 Å². The summed E-state index contributed by atoms with van der Waals surface area (Å²) in [5.41, 5.74) is 5.23. The van der Waals surface area contributed by atoms with Crippen LogP contribution >= 0.6 is 0 Å². The lowest BCUT2D eigenvalue weighted by atomic mass is 9.95. The summed E-state index contributed by atoms with van der Waals surface area (Å²) in [7, 11) is 0. The predicted octanol–water partition coefficient (Wildman–Crippen LogP) is 2.13. The van der Waals surface area contributed by atoms with Gasteiger partial charge in [-0.05, 0) is 39.0 Å². The van der Waals surface area contributed by atoms with E-state index in [1.54, 1.807) is 0 Å². The summed E-state index contributed by atoms with van der Waals surface area (Å²) in [6.07, 6.45) is 3.38. The first kappa shape index (κ1) is 13.5. The smallest absolute Gasteiger partial charge is 0.102 e. The number of hydrogen-bond donors (Lipinski definition) is 1. The summed E-state index contributed by atoms with van der Waals surface area (Å²) in [4.78, 5) is 2.53. The third-order valence-corrected chi connectivity index (χ3v) is 3.13. The molecule has 0 saturated heterocycles. The molecule has 0 bridgehead atoms. The lowest BCUT2D eigenvalue weighted by molar-refractivity contribution is 0.156. The minimum absolute atomic E-state index is 0.407. The highest BCUT2D eigenvalue weighted by atomic mass is 15.2. The van der Waals surface area contributed by atoms with E-state index in [0.717, 1.165) is 19.0 Å². The molecule has 0 aromatic rings. The molecule has 1 saturated carbocycles. The van der Waals surface area contributed by atoms with Gasteiger partial charge < -0.3 is 5.73 Å². The Morgan fingerprint density at radius 1 is 1.44 bits per heavy atom. The molecule has 16 heavy (non-hydrogen) atoms. The van der Waals surface area contributed by atoms with Crippen LogP contribution in [-0.2, 0) is 0 Å². The zero-order chi connectivity index (χ0) is 12.3. The Hall–Kier alpha value is -0.590. The Labute approximate surface area is 99.6 Å². The van der Waals surface area contributed by atoms with Gasteiger partial charge >= 0.3 is 0 Å². The maximum absolute atomic E-state index is 8.97. The highest BCUT2D eigenvalue weighted by molar-refractivity contribution is 5.03. The van der Waals surface area contributed by atoms with Crippen LogP contribution < -0.4 is 5.73 Å². The van der Waals surface area contributed by atoms with Crippen LogP contribution in [0.4, 0.5) is 0 Å². The lowest BCUT2D eigenvalue weighted by Crippen LogP contribution is -2.45. The van der Waals surface area contributed by atoms with Crippen molar-refractivity contribution in [3.05, 3.63) is 0 Å². The van der Waals surface area contributed by atoms with Crippen LogP contribution in [-0.4, -0.2) is 29.1 Å². The molecule has 1 rings (SSSR count). The van der Waals surface area contributed by atoms with Crippen molar-refractivity contribution in [3.63, 3.8) is 0 Å². The van der Waals surface area contributed by atoms with Crippen molar-refractivity contribution in [2.45, 2.75) is 64.6 Å². The van der Waals surface area contributed by atoms with Crippen LogP contribution in [0.5, 0.6) is 0 Å². The Bertz CT molecular complexity index is 261. The van der Waals surface area contributed by atoms with Crippen LogP contribution in [0, 0.1) is 17.2 Å². The van der Waals surface area contributed by atoms with Crippen molar-refractivity contribution in [2.24, 2.45) is 11.7 Å². The highest BCUT2D eigenvalue weighted by Gasteiger charge is 2.34. The number of nitriles is 1. The molecule has 0 aromatic heterocycles. The largest absolute Gasteiger partial charge is 0.314 e. The molecule has 1 aliphatic rings. The maximum atomic E-state index is 8.97. The quantitative estimate of drug-likeness (QED) is 0.750. The lowest BCUT2D eigenvalue weighted by Gasteiger charge is -2.33. The highest BCUT2D eigenvalue weighted by Crippen LogP contribution is 2.31. The third-order valence-electron chi connectivity index (χ3n) is 3.13. The van der Waals surface area contributed by atoms with Gasteiger partial charge in [-0.3, -0.25) is 4.90 Å². The molecule has 0 heterocycles. The Kier molecular flexibility index (Phi) is 4.35. The molecular weight excluding hydrogens is 198 g/mol. The molecule has 3 heteroatoms. The molecule has 1 fully saturated rings. The van der Waals surface area contributed by atoms with Crippen LogP contribution in [0.2, 0.25) is 0 Å². The molecule has 0 radical (unpaired) electrons. The van der Waals surface area contributed by atoms with Gasteiger partial charge in [-0.15, -0.1) is 0 Å². The van der Waals surface area contributed by atoms with Gasteiger partial charge in [-0.2, -0.15) is 5.26 Å². The van der Waals surface area contributed by atoms with Gasteiger partial charge in [-0.1, -0.05) is 13.8 Å². The number of nitrogens with zero attached hydrogens (tertiary/aromatic N) is 2. The first-order valence-corrected chi connectivity index (χ1v) is 6.31. The Morgan fingerprint density at radius 2 is 2.00 bits per heavy atom. The number of nitrogens with two attached hydrogens (primary N) is 1. The van der Waals surface area contributed by atoms with Crippen molar-refractivity contribution in [2.75, 3.05) is 6.54 Å². The average molecular weight is 223 g/mol. The first-order chi connectivity index (χ1) is 7.35. The van der Waals surface area contributed by atoms with Gasteiger partial charge in [0.25, 0.3) is 0 Å². The van der Waals surface area contributed by atoms with Gasteiger partial charge in [0.2, 0.25) is 0 Å². The van der Waals surface area contributed by atoms with Crippen molar-refractivity contribution < 1.29 is 0 Å². The van der Waals surface area contributed by atoms with Crippen LogP contribution in [0.25, 0.3) is 0 Å². The van der Waals surface area contributed by atoms with Gasteiger partial charge in [0.1, 0.15) is 5.54 Å².